The normalized spacial score (nSPS) is 12.2. The third-order valence-corrected chi connectivity index (χ3v) is 6.45. The van der Waals surface area contributed by atoms with Crippen molar-refractivity contribution in [3.63, 3.8) is 0 Å². The quantitative estimate of drug-likeness (QED) is 0.128. The Bertz CT molecular complexity index is 1250. The van der Waals surface area contributed by atoms with Gasteiger partial charge in [0.25, 0.3) is 0 Å². The standard InChI is InChI=1S/C16H23N5O.C14H22N2O2/c1-3-4-5-8-18-16(17)21-20-11-12-10-19-15-7-6-13(22-2)9-14(12)15;1-6-16(5)14(17)18-13-9-7-8-12(10-13)11(2)15(3)4/h6-7,9-11,19H,3-5,8H2,1-2H3,(H3,17,18,21);7-11H,6H2,1-5H3/b20-11+;/t;11-/m.0/s1. The summed E-state index contributed by atoms with van der Waals surface area (Å²) in [6, 6.07) is 13.8. The SMILES string of the molecule is CCCCCN=C(N)N/N=C/c1c[nH]c2ccc(OC)cc12.CCN(C)C(=O)Oc1cccc([C@H](C)N(C)C)c1. The number of unbranched alkanes of at least 4 members (excludes halogenated alkanes) is 2. The lowest BCUT2D eigenvalue weighted by Crippen LogP contribution is -2.29. The van der Waals surface area contributed by atoms with Crippen molar-refractivity contribution < 1.29 is 14.3 Å². The summed E-state index contributed by atoms with van der Waals surface area (Å²) < 4.78 is 10.5. The van der Waals surface area contributed by atoms with Crippen LogP contribution < -0.4 is 20.6 Å². The van der Waals surface area contributed by atoms with Crippen molar-refractivity contribution in [1.29, 1.82) is 0 Å². The number of carbonyl (C=O) groups excluding carboxylic acids is 1. The zero-order valence-electron chi connectivity index (χ0n) is 24.9. The summed E-state index contributed by atoms with van der Waals surface area (Å²) in [4.78, 5) is 22.7. The van der Waals surface area contributed by atoms with Crippen molar-refractivity contribution in [3.05, 3.63) is 59.8 Å². The minimum absolute atomic E-state index is 0.285. The average molecular weight is 552 g/mol. The Kier molecular flexibility index (Phi) is 13.5. The molecular weight excluding hydrogens is 506 g/mol. The molecule has 1 atom stereocenters. The number of nitrogens with one attached hydrogen (secondary N) is 2. The molecule has 40 heavy (non-hydrogen) atoms. The molecule has 10 nitrogen and oxygen atoms in total. The van der Waals surface area contributed by atoms with E-state index in [2.05, 4.69) is 39.3 Å². The predicted molar refractivity (Wildman–Crippen MR) is 164 cm³/mol. The van der Waals surface area contributed by atoms with Gasteiger partial charge in [-0.25, -0.2) is 10.2 Å². The molecule has 0 aliphatic carbocycles. The molecule has 0 unspecified atom stereocenters. The van der Waals surface area contributed by atoms with Gasteiger partial charge in [0.05, 0.1) is 13.3 Å². The van der Waals surface area contributed by atoms with Crippen LogP contribution in [0.3, 0.4) is 0 Å². The third kappa shape index (κ3) is 10.3. The van der Waals surface area contributed by atoms with Crippen LogP contribution in [0.4, 0.5) is 4.79 Å². The van der Waals surface area contributed by atoms with Crippen molar-refractivity contribution >= 4 is 29.2 Å². The van der Waals surface area contributed by atoms with Gasteiger partial charge in [-0.05, 0) is 70.3 Å². The second kappa shape index (κ2) is 16.8. The van der Waals surface area contributed by atoms with Crippen LogP contribution >= 0.6 is 0 Å². The summed E-state index contributed by atoms with van der Waals surface area (Å²) in [7, 11) is 7.41. The van der Waals surface area contributed by atoms with Crippen LogP contribution in [-0.2, 0) is 0 Å². The van der Waals surface area contributed by atoms with Crippen LogP contribution in [0.25, 0.3) is 10.9 Å². The molecule has 0 radical (unpaired) electrons. The maximum absolute atomic E-state index is 11.7. The monoisotopic (exact) mass is 551 g/mol. The van der Waals surface area contributed by atoms with Gasteiger partial charge in [-0.2, -0.15) is 5.10 Å². The van der Waals surface area contributed by atoms with Crippen LogP contribution in [0, 0.1) is 0 Å². The highest BCUT2D eigenvalue weighted by Gasteiger charge is 2.12. The van der Waals surface area contributed by atoms with Gasteiger partial charge >= 0.3 is 6.09 Å². The van der Waals surface area contributed by atoms with Crippen molar-refractivity contribution in [2.75, 3.05) is 41.3 Å². The smallest absolute Gasteiger partial charge is 0.414 e. The van der Waals surface area contributed by atoms with E-state index >= 15 is 0 Å². The molecule has 4 N–H and O–H groups in total. The molecule has 0 saturated heterocycles. The van der Waals surface area contributed by atoms with E-state index in [-0.39, 0.29) is 12.1 Å². The summed E-state index contributed by atoms with van der Waals surface area (Å²) in [6.07, 6.45) is 6.66. The van der Waals surface area contributed by atoms with Crippen LogP contribution in [0.1, 0.15) is 57.2 Å². The molecule has 0 bridgehead atoms. The topological polar surface area (TPSA) is 121 Å². The molecule has 10 heteroatoms. The molecule has 0 aliphatic heterocycles. The van der Waals surface area contributed by atoms with Crippen LogP contribution in [0.15, 0.2) is 58.8 Å². The number of methoxy groups -OCH3 is 1. The van der Waals surface area contributed by atoms with Gasteiger partial charge in [0.2, 0.25) is 5.96 Å². The number of aromatic amines is 1. The van der Waals surface area contributed by atoms with Crippen molar-refractivity contribution in [3.8, 4) is 11.5 Å². The molecular formula is C30H45N7O3. The largest absolute Gasteiger partial charge is 0.497 e. The number of guanidine groups is 1. The fourth-order valence-electron chi connectivity index (χ4n) is 3.56. The van der Waals surface area contributed by atoms with E-state index in [1.807, 2.05) is 63.6 Å². The van der Waals surface area contributed by atoms with Crippen LogP contribution in [0.5, 0.6) is 11.5 Å². The molecule has 1 aromatic heterocycles. The molecule has 218 valence electrons. The van der Waals surface area contributed by atoms with E-state index < -0.39 is 0 Å². The second-order valence-corrected chi connectivity index (χ2v) is 9.59. The fraction of sp³-hybridized carbons (Fsp3) is 0.433. The Morgan fingerprint density at radius 1 is 1.12 bits per heavy atom. The van der Waals surface area contributed by atoms with E-state index in [4.69, 9.17) is 15.2 Å². The molecule has 1 amide bonds. The van der Waals surface area contributed by atoms with Crippen molar-refractivity contribution in [2.24, 2.45) is 15.8 Å². The van der Waals surface area contributed by atoms with Gasteiger partial charge in [-0.15, -0.1) is 0 Å². The summed E-state index contributed by atoms with van der Waals surface area (Å²) >= 11 is 0. The molecule has 3 rings (SSSR count). The Balaban J connectivity index is 0.000000286. The number of fused-ring (bicyclic) bond motifs is 1. The Morgan fingerprint density at radius 2 is 1.90 bits per heavy atom. The number of amides is 1. The number of hydrazone groups is 1. The van der Waals surface area contributed by atoms with Gasteiger partial charge in [-0.1, -0.05) is 31.9 Å². The lowest BCUT2D eigenvalue weighted by atomic mass is 10.1. The number of nitrogens with zero attached hydrogens (tertiary/aromatic N) is 4. The first-order chi connectivity index (χ1) is 19.2. The van der Waals surface area contributed by atoms with Gasteiger partial charge in [0.1, 0.15) is 11.5 Å². The number of carbonyl (C=O) groups is 1. The van der Waals surface area contributed by atoms with Crippen molar-refractivity contribution in [2.45, 2.75) is 46.1 Å². The summed E-state index contributed by atoms with van der Waals surface area (Å²) in [5.41, 5.74) is 11.6. The summed E-state index contributed by atoms with van der Waals surface area (Å²) in [5, 5.41) is 5.17. The zero-order valence-corrected chi connectivity index (χ0v) is 24.9. The number of aliphatic imine (C=N–C) groups is 1. The molecule has 0 saturated carbocycles. The highest BCUT2D eigenvalue weighted by atomic mass is 16.6. The van der Waals surface area contributed by atoms with Crippen LogP contribution in [-0.4, -0.2) is 74.4 Å². The first-order valence-electron chi connectivity index (χ1n) is 13.6. The Labute approximate surface area is 238 Å². The number of aromatic nitrogens is 1. The van der Waals surface area contributed by atoms with Crippen molar-refractivity contribution in [1.82, 2.24) is 20.2 Å². The lowest BCUT2D eigenvalue weighted by molar-refractivity contribution is 0.165. The molecule has 2 aromatic carbocycles. The maximum Gasteiger partial charge on any atom is 0.414 e. The number of hydrogen-bond donors (Lipinski definition) is 3. The van der Waals surface area contributed by atoms with E-state index in [0.29, 0.717) is 18.3 Å². The van der Waals surface area contributed by atoms with Gasteiger partial charge < -0.3 is 30.0 Å². The van der Waals surface area contributed by atoms with E-state index in [1.165, 1.54) is 11.3 Å². The molecule has 0 fully saturated rings. The number of benzene rings is 2. The maximum atomic E-state index is 11.7. The summed E-state index contributed by atoms with van der Waals surface area (Å²) in [5.74, 6) is 1.74. The number of rotatable bonds is 11. The molecule has 0 spiro atoms. The van der Waals surface area contributed by atoms with E-state index in [1.54, 1.807) is 26.4 Å². The lowest BCUT2D eigenvalue weighted by Gasteiger charge is -2.21. The number of hydrogen-bond acceptors (Lipinski definition) is 6. The van der Waals surface area contributed by atoms with Gasteiger partial charge in [-0.3, -0.25) is 4.99 Å². The predicted octanol–water partition coefficient (Wildman–Crippen LogP) is 5.36. The second-order valence-electron chi connectivity index (χ2n) is 9.59. The number of nitrogens with two attached hydrogens (primary N) is 1. The summed E-state index contributed by atoms with van der Waals surface area (Å²) in [6.45, 7) is 7.54. The highest BCUT2D eigenvalue weighted by molar-refractivity contribution is 5.99. The Hall–Kier alpha value is -4.05. The zero-order chi connectivity index (χ0) is 29.5. The first-order valence-corrected chi connectivity index (χ1v) is 13.6. The number of H-pyrrole nitrogens is 1. The molecule has 1 heterocycles. The molecule has 0 aliphatic rings. The van der Waals surface area contributed by atoms with E-state index in [0.717, 1.165) is 47.2 Å². The van der Waals surface area contributed by atoms with Crippen LogP contribution in [0.2, 0.25) is 0 Å². The minimum Gasteiger partial charge on any atom is -0.497 e. The first kappa shape index (κ1) is 32.2. The molecule has 3 aromatic rings. The highest BCUT2D eigenvalue weighted by Crippen LogP contribution is 2.23. The Morgan fingerprint density at radius 3 is 2.58 bits per heavy atom. The average Bonchev–Trinajstić information content (AvgIpc) is 3.36. The number of ether oxygens (including phenoxy) is 2. The van der Waals surface area contributed by atoms with E-state index in [9.17, 15) is 4.79 Å². The third-order valence-electron chi connectivity index (χ3n) is 6.45. The van der Waals surface area contributed by atoms with Gasteiger partial charge in [0.15, 0.2) is 0 Å². The minimum atomic E-state index is -0.327. The van der Waals surface area contributed by atoms with Gasteiger partial charge in [0, 0.05) is 48.8 Å². The fourth-order valence-corrected chi connectivity index (χ4v) is 3.56.